The van der Waals surface area contributed by atoms with Gasteiger partial charge in [0.15, 0.2) is 5.16 Å². The molecule has 124 valence electrons. The van der Waals surface area contributed by atoms with Crippen LogP contribution in [0.15, 0.2) is 53.9 Å². The van der Waals surface area contributed by atoms with Crippen LogP contribution >= 0.6 is 11.8 Å². The lowest BCUT2D eigenvalue weighted by molar-refractivity contribution is -0.113. The maximum absolute atomic E-state index is 12.4. The maximum atomic E-state index is 12.4. The largest absolute Gasteiger partial charge is 0.325 e. The molecule has 0 fully saturated rings. The number of carbonyl (C=O) groups is 1. The molecule has 3 rings (SSSR count). The Morgan fingerprint density at radius 3 is 2.88 bits per heavy atom. The minimum absolute atomic E-state index is 0.0103. The first-order chi connectivity index (χ1) is 11.6. The van der Waals surface area contributed by atoms with Crippen LogP contribution in [0.5, 0.6) is 0 Å². The number of nitrogens with one attached hydrogen (secondary N) is 1. The Morgan fingerprint density at radius 1 is 1.25 bits per heavy atom. The number of rotatable bonds is 5. The molecule has 0 aliphatic heterocycles. The predicted octanol–water partition coefficient (Wildman–Crippen LogP) is 4.50. The highest BCUT2D eigenvalue weighted by Gasteiger charge is 2.13. The molecule has 0 spiro atoms. The fourth-order valence-electron chi connectivity index (χ4n) is 2.67. The molecule has 0 aliphatic rings. The summed E-state index contributed by atoms with van der Waals surface area (Å²) in [5, 5.41) is 3.90. The fraction of sp³-hybridized carbons (Fsp3) is 0.263. The third-order valence-electron chi connectivity index (χ3n) is 3.93. The van der Waals surface area contributed by atoms with Crippen LogP contribution in [0.1, 0.15) is 30.9 Å². The van der Waals surface area contributed by atoms with E-state index in [2.05, 4.69) is 30.2 Å². The first-order valence-corrected chi connectivity index (χ1v) is 8.99. The normalized spacial score (nSPS) is 11.2. The topological polar surface area (TPSA) is 46.4 Å². The van der Waals surface area contributed by atoms with E-state index in [0.29, 0.717) is 11.7 Å². The van der Waals surface area contributed by atoms with Crippen LogP contribution in [0.2, 0.25) is 0 Å². The minimum atomic E-state index is -0.0103. The Morgan fingerprint density at radius 2 is 2.08 bits per heavy atom. The maximum Gasteiger partial charge on any atom is 0.234 e. The first kappa shape index (κ1) is 16.6. The molecule has 0 saturated heterocycles. The number of amides is 1. The summed E-state index contributed by atoms with van der Waals surface area (Å²) in [6.07, 6.45) is 3.78. The summed E-state index contributed by atoms with van der Waals surface area (Å²) < 4.78 is 1.99. The molecule has 4 nitrogen and oxygen atoms in total. The average Bonchev–Trinajstić information content (AvgIpc) is 2.98. The Labute approximate surface area is 146 Å². The Hall–Kier alpha value is -2.27. The molecule has 0 aliphatic carbocycles. The monoisotopic (exact) mass is 339 g/mol. The van der Waals surface area contributed by atoms with Crippen molar-refractivity contribution in [2.45, 2.75) is 31.8 Å². The summed E-state index contributed by atoms with van der Waals surface area (Å²) in [7, 11) is 0. The average molecular weight is 339 g/mol. The van der Waals surface area contributed by atoms with Crippen LogP contribution in [-0.2, 0) is 4.79 Å². The van der Waals surface area contributed by atoms with Crippen LogP contribution in [0, 0.1) is 6.92 Å². The second kappa shape index (κ2) is 7.09. The highest BCUT2D eigenvalue weighted by molar-refractivity contribution is 7.99. The Bertz CT molecular complexity index is 870. The van der Waals surface area contributed by atoms with Gasteiger partial charge in [-0.25, -0.2) is 4.98 Å². The van der Waals surface area contributed by atoms with Gasteiger partial charge in [-0.3, -0.25) is 9.20 Å². The van der Waals surface area contributed by atoms with Crippen LogP contribution in [0.25, 0.3) is 5.52 Å². The molecule has 2 aromatic heterocycles. The van der Waals surface area contributed by atoms with Gasteiger partial charge >= 0.3 is 0 Å². The minimum Gasteiger partial charge on any atom is -0.325 e. The number of benzene rings is 1. The van der Waals surface area contributed by atoms with Gasteiger partial charge in [0.2, 0.25) is 5.91 Å². The van der Waals surface area contributed by atoms with E-state index < -0.39 is 0 Å². The Balaban J connectivity index is 1.71. The van der Waals surface area contributed by atoms with Crippen LogP contribution < -0.4 is 5.32 Å². The number of thioether (sulfide) groups is 1. The van der Waals surface area contributed by atoms with Gasteiger partial charge in [0, 0.05) is 11.9 Å². The van der Waals surface area contributed by atoms with E-state index in [4.69, 9.17) is 0 Å². The smallest absolute Gasteiger partial charge is 0.234 e. The van der Waals surface area contributed by atoms with E-state index >= 15 is 0 Å². The van der Waals surface area contributed by atoms with Gasteiger partial charge in [-0.2, -0.15) is 0 Å². The van der Waals surface area contributed by atoms with E-state index in [1.54, 1.807) is 0 Å². The van der Waals surface area contributed by atoms with Gasteiger partial charge in [-0.1, -0.05) is 49.9 Å². The molecule has 5 heteroatoms. The molecule has 0 unspecified atom stereocenters. The number of anilines is 1. The summed E-state index contributed by atoms with van der Waals surface area (Å²) in [6, 6.07) is 12.1. The number of pyridine rings is 1. The van der Waals surface area contributed by atoms with Crippen molar-refractivity contribution < 1.29 is 4.79 Å². The number of nitrogens with zero attached hydrogens (tertiary/aromatic N) is 2. The van der Waals surface area contributed by atoms with Gasteiger partial charge in [-0.05, 0) is 36.1 Å². The number of fused-ring (bicyclic) bond motifs is 1. The predicted molar refractivity (Wildman–Crippen MR) is 99.8 cm³/mol. The molecule has 24 heavy (non-hydrogen) atoms. The molecular weight excluding hydrogens is 318 g/mol. The quantitative estimate of drug-likeness (QED) is 0.696. The van der Waals surface area contributed by atoms with Crippen LogP contribution in [-0.4, -0.2) is 21.0 Å². The van der Waals surface area contributed by atoms with Gasteiger partial charge in [0.1, 0.15) is 0 Å². The number of hydrogen-bond donors (Lipinski definition) is 1. The zero-order valence-electron chi connectivity index (χ0n) is 14.1. The lowest BCUT2D eigenvalue weighted by atomic mass is 9.98. The molecule has 0 radical (unpaired) electrons. The van der Waals surface area contributed by atoms with Gasteiger partial charge < -0.3 is 5.32 Å². The van der Waals surface area contributed by atoms with E-state index in [0.717, 1.165) is 21.9 Å². The molecule has 1 amide bonds. The summed E-state index contributed by atoms with van der Waals surface area (Å²) in [5.41, 5.74) is 4.22. The summed E-state index contributed by atoms with van der Waals surface area (Å²) >= 11 is 1.44. The van der Waals surface area contributed by atoms with Gasteiger partial charge in [0.25, 0.3) is 0 Å². The lowest BCUT2D eigenvalue weighted by Gasteiger charge is -2.16. The third-order valence-corrected chi connectivity index (χ3v) is 4.90. The van der Waals surface area contributed by atoms with E-state index in [1.165, 1.54) is 17.3 Å². The molecule has 0 atom stereocenters. The van der Waals surface area contributed by atoms with Crippen LogP contribution in [0.4, 0.5) is 5.69 Å². The zero-order chi connectivity index (χ0) is 17.1. The molecule has 1 N–H and O–H groups in total. The molecule has 1 aromatic carbocycles. The Kier molecular flexibility index (Phi) is 4.90. The van der Waals surface area contributed by atoms with Crippen molar-refractivity contribution in [3.05, 3.63) is 59.9 Å². The zero-order valence-corrected chi connectivity index (χ0v) is 14.9. The van der Waals surface area contributed by atoms with E-state index in [1.807, 2.05) is 54.0 Å². The second-order valence-electron chi connectivity index (χ2n) is 6.07. The van der Waals surface area contributed by atoms with Gasteiger partial charge in [0.05, 0.1) is 17.5 Å². The van der Waals surface area contributed by atoms with Crippen molar-refractivity contribution in [2.75, 3.05) is 11.1 Å². The number of carbonyl (C=O) groups excluding carboxylic acids is 1. The van der Waals surface area contributed by atoms with Crippen LogP contribution in [0.3, 0.4) is 0 Å². The van der Waals surface area contributed by atoms with E-state index in [9.17, 15) is 4.79 Å². The molecule has 3 aromatic rings. The molecule has 0 bridgehead atoms. The number of para-hydroxylation sites is 1. The van der Waals surface area contributed by atoms with E-state index in [-0.39, 0.29) is 5.91 Å². The lowest BCUT2D eigenvalue weighted by Crippen LogP contribution is -2.16. The van der Waals surface area contributed by atoms with Crippen molar-refractivity contribution in [3.63, 3.8) is 0 Å². The molecule has 2 heterocycles. The van der Waals surface area contributed by atoms with Crippen molar-refractivity contribution >= 4 is 28.9 Å². The van der Waals surface area contributed by atoms with Crippen molar-refractivity contribution in [1.29, 1.82) is 0 Å². The summed E-state index contributed by atoms with van der Waals surface area (Å²) in [6.45, 7) is 6.29. The fourth-order valence-corrected chi connectivity index (χ4v) is 3.44. The summed E-state index contributed by atoms with van der Waals surface area (Å²) in [5.74, 6) is 0.688. The highest BCUT2D eigenvalue weighted by Crippen LogP contribution is 2.28. The SMILES string of the molecule is Cc1cccc(C(C)C)c1NC(=O)CSc1ncc2ccccn12. The van der Waals surface area contributed by atoms with Crippen molar-refractivity contribution in [1.82, 2.24) is 9.38 Å². The summed E-state index contributed by atoms with van der Waals surface area (Å²) in [4.78, 5) is 16.8. The number of hydrogen-bond acceptors (Lipinski definition) is 3. The third kappa shape index (κ3) is 3.46. The first-order valence-electron chi connectivity index (χ1n) is 8.00. The number of aryl methyl sites for hydroxylation is 1. The molecular formula is C19H21N3OS. The number of aromatic nitrogens is 2. The number of imidazole rings is 1. The van der Waals surface area contributed by atoms with Crippen molar-refractivity contribution in [3.8, 4) is 0 Å². The second-order valence-corrected chi connectivity index (χ2v) is 7.01. The standard InChI is InChI=1S/C19H21N3OS/c1-13(2)16-9-6-7-14(3)18(16)21-17(23)12-24-19-20-11-15-8-4-5-10-22(15)19/h4-11,13H,12H2,1-3H3,(H,21,23). The van der Waals surface area contributed by atoms with Gasteiger partial charge in [-0.15, -0.1) is 0 Å². The molecule has 0 saturated carbocycles. The highest BCUT2D eigenvalue weighted by atomic mass is 32.2. The van der Waals surface area contributed by atoms with Crippen molar-refractivity contribution in [2.24, 2.45) is 0 Å².